The van der Waals surface area contributed by atoms with Crippen LogP contribution in [0, 0.1) is 0 Å². The summed E-state index contributed by atoms with van der Waals surface area (Å²) in [6.45, 7) is 6.62. The summed E-state index contributed by atoms with van der Waals surface area (Å²) in [6, 6.07) is 8.01. The van der Waals surface area contributed by atoms with Crippen molar-refractivity contribution >= 4 is 18.0 Å². The molecule has 0 fully saturated rings. The summed E-state index contributed by atoms with van der Waals surface area (Å²) in [4.78, 5) is 37.3. The average Bonchev–Trinajstić information content (AvgIpc) is 2.51. The Morgan fingerprint density at radius 3 is 2.08 bits per heavy atom. The van der Waals surface area contributed by atoms with Gasteiger partial charge in [-0.05, 0) is 27.7 Å². The Bertz CT molecular complexity index is 593. The first-order valence-corrected chi connectivity index (χ1v) is 7.49. The Hall–Kier alpha value is -2.57. The van der Waals surface area contributed by atoms with E-state index in [1.54, 1.807) is 45.9 Å². The second-order valence-electron chi connectivity index (χ2n) is 5.95. The van der Waals surface area contributed by atoms with Gasteiger partial charge < -0.3 is 14.2 Å². The number of rotatable bonds is 5. The highest BCUT2D eigenvalue weighted by Gasteiger charge is 2.52. The van der Waals surface area contributed by atoms with Crippen LogP contribution in [0.25, 0.3) is 0 Å². The highest BCUT2D eigenvalue weighted by Crippen LogP contribution is 2.26. The molecular weight excluding hydrogens is 314 g/mol. The molecule has 0 spiro atoms. The van der Waals surface area contributed by atoms with Crippen molar-refractivity contribution in [2.24, 2.45) is 0 Å². The number of esters is 2. The molecule has 0 aliphatic rings. The Morgan fingerprint density at radius 2 is 1.62 bits per heavy atom. The predicted octanol–water partition coefficient (Wildman–Crippen LogP) is 2.14. The molecule has 0 aliphatic heterocycles. The minimum Gasteiger partial charge on any atom is -0.467 e. The molecule has 24 heavy (non-hydrogen) atoms. The van der Waals surface area contributed by atoms with Crippen LogP contribution in [0.1, 0.15) is 33.3 Å². The van der Waals surface area contributed by atoms with Crippen molar-refractivity contribution in [2.75, 3.05) is 13.7 Å². The lowest BCUT2D eigenvalue weighted by Crippen LogP contribution is -2.59. The summed E-state index contributed by atoms with van der Waals surface area (Å²) in [7, 11) is 1.12. The highest BCUT2D eigenvalue weighted by atomic mass is 16.6. The smallest absolute Gasteiger partial charge is 0.409 e. The van der Waals surface area contributed by atoms with E-state index in [9.17, 15) is 14.4 Å². The number of alkyl carbamates (subject to hydrolysis) is 1. The Labute approximate surface area is 141 Å². The van der Waals surface area contributed by atoms with Gasteiger partial charge in [0, 0.05) is 5.56 Å². The van der Waals surface area contributed by atoms with Crippen LogP contribution >= 0.6 is 0 Å². The maximum atomic E-state index is 12.6. The third-order valence-corrected chi connectivity index (χ3v) is 2.97. The molecule has 7 nitrogen and oxygen atoms in total. The largest absolute Gasteiger partial charge is 0.467 e. The molecule has 7 heteroatoms. The summed E-state index contributed by atoms with van der Waals surface area (Å²) in [6.07, 6.45) is -0.940. The van der Waals surface area contributed by atoms with Gasteiger partial charge in [-0.3, -0.25) is 5.32 Å². The summed E-state index contributed by atoms with van der Waals surface area (Å²) in [5.41, 5.74) is -2.74. The lowest BCUT2D eigenvalue weighted by atomic mass is 9.90. The second kappa shape index (κ2) is 7.81. The van der Waals surface area contributed by atoms with E-state index in [-0.39, 0.29) is 12.2 Å². The molecule has 0 saturated carbocycles. The van der Waals surface area contributed by atoms with Crippen LogP contribution in [-0.4, -0.2) is 37.3 Å². The Kier molecular flexibility index (Phi) is 6.34. The Morgan fingerprint density at radius 1 is 1.04 bits per heavy atom. The van der Waals surface area contributed by atoms with Crippen molar-refractivity contribution in [3.63, 3.8) is 0 Å². The Balaban J connectivity index is 3.39. The van der Waals surface area contributed by atoms with Gasteiger partial charge in [-0.2, -0.15) is 0 Å². The SMILES string of the molecule is CCOC(=O)[C@](NC(=O)OC(C)(C)C)(C(=O)OC)c1ccccc1. The zero-order chi connectivity index (χ0) is 18.4. The number of hydrogen-bond donors (Lipinski definition) is 1. The van der Waals surface area contributed by atoms with Crippen molar-refractivity contribution in [2.45, 2.75) is 38.8 Å². The lowest BCUT2D eigenvalue weighted by Gasteiger charge is -2.31. The molecule has 1 N–H and O–H groups in total. The zero-order valence-corrected chi connectivity index (χ0v) is 14.5. The van der Waals surface area contributed by atoms with E-state index < -0.39 is 29.2 Å². The maximum Gasteiger partial charge on any atom is 0.409 e. The minimum absolute atomic E-state index is 0.0282. The first-order valence-electron chi connectivity index (χ1n) is 7.49. The minimum atomic E-state index is -2.14. The average molecular weight is 337 g/mol. The normalized spacial score (nSPS) is 13.4. The van der Waals surface area contributed by atoms with Crippen molar-refractivity contribution < 1.29 is 28.6 Å². The van der Waals surface area contributed by atoms with Gasteiger partial charge in [-0.15, -0.1) is 0 Å². The number of methoxy groups -OCH3 is 1. The number of carbonyl (C=O) groups excluding carboxylic acids is 3. The molecular formula is C17H23NO6. The fourth-order valence-electron chi connectivity index (χ4n) is 2.03. The predicted molar refractivity (Wildman–Crippen MR) is 86.1 cm³/mol. The lowest BCUT2D eigenvalue weighted by molar-refractivity contribution is -0.165. The van der Waals surface area contributed by atoms with Crippen LogP contribution in [0.4, 0.5) is 4.79 Å². The van der Waals surface area contributed by atoms with E-state index in [0.717, 1.165) is 7.11 Å². The third-order valence-electron chi connectivity index (χ3n) is 2.97. The van der Waals surface area contributed by atoms with Gasteiger partial charge in [0.1, 0.15) is 5.60 Å². The number of carbonyl (C=O) groups is 3. The van der Waals surface area contributed by atoms with Crippen LogP contribution in [0.15, 0.2) is 30.3 Å². The molecule has 0 bridgehead atoms. The van der Waals surface area contributed by atoms with Gasteiger partial charge in [0.25, 0.3) is 5.54 Å². The van der Waals surface area contributed by atoms with Crippen LogP contribution in [0.3, 0.4) is 0 Å². The number of hydrogen-bond acceptors (Lipinski definition) is 6. The topological polar surface area (TPSA) is 90.9 Å². The number of amides is 1. The molecule has 1 aromatic rings. The molecule has 0 aromatic heterocycles. The van der Waals surface area contributed by atoms with Gasteiger partial charge in [-0.25, -0.2) is 14.4 Å². The summed E-state index contributed by atoms with van der Waals surface area (Å²) >= 11 is 0. The molecule has 1 amide bonds. The van der Waals surface area contributed by atoms with Crippen LogP contribution in [-0.2, 0) is 29.3 Å². The van der Waals surface area contributed by atoms with E-state index in [4.69, 9.17) is 14.2 Å². The summed E-state index contributed by atoms with van der Waals surface area (Å²) in [5, 5.41) is 2.33. The monoisotopic (exact) mass is 337 g/mol. The number of benzene rings is 1. The molecule has 0 saturated heterocycles. The van der Waals surface area contributed by atoms with Gasteiger partial charge in [-0.1, -0.05) is 30.3 Å². The first-order chi connectivity index (χ1) is 11.2. The zero-order valence-electron chi connectivity index (χ0n) is 14.5. The molecule has 1 rings (SSSR count). The molecule has 0 aliphatic carbocycles. The molecule has 132 valence electrons. The fraction of sp³-hybridized carbons (Fsp3) is 0.471. The number of ether oxygens (including phenoxy) is 3. The van der Waals surface area contributed by atoms with Gasteiger partial charge in [0.2, 0.25) is 0 Å². The fourth-order valence-corrected chi connectivity index (χ4v) is 2.03. The van der Waals surface area contributed by atoms with Gasteiger partial charge >= 0.3 is 18.0 Å². The standard InChI is InChI=1S/C17H23NO6/c1-6-23-14(20)17(13(19)22-5,12-10-8-7-9-11-12)18-15(21)24-16(2,3)4/h7-11H,6H2,1-5H3,(H,18,21)/t17-/m1/s1. The maximum absolute atomic E-state index is 12.6. The van der Waals surface area contributed by atoms with E-state index in [0.29, 0.717) is 0 Å². The van der Waals surface area contributed by atoms with E-state index in [1.165, 1.54) is 12.1 Å². The van der Waals surface area contributed by atoms with Crippen LogP contribution in [0.5, 0.6) is 0 Å². The van der Waals surface area contributed by atoms with E-state index >= 15 is 0 Å². The first kappa shape index (κ1) is 19.5. The van der Waals surface area contributed by atoms with Crippen LogP contribution in [0.2, 0.25) is 0 Å². The van der Waals surface area contributed by atoms with E-state index in [2.05, 4.69) is 5.32 Å². The molecule has 1 atom stereocenters. The molecule has 0 heterocycles. The quantitative estimate of drug-likeness (QED) is 0.503. The van der Waals surface area contributed by atoms with Crippen molar-refractivity contribution in [3.8, 4) is 0 Å². The van der Waals surface area contributed by atoms with Crippen molar-refractivity contribution in [1.29, 1.82) is 0 Å². The van der Waals surface area contributed by atoms with E-state index in [1.807, 2.05) is 0 Å². The summed E-state index contributed by atoms with van der Waals surface area (Å²) in [5.74, 6) is -1.92. The van der Waals surface area contributed by atoms with Crippen molar-refractivity contribution in [3.05, 3.63) is 35.9 Å². The third kappa shape index (κ3) is 4.47. The number of nitrogens with one attached hydrogen (secondary N) is 1. The van der Waals surface area contributed by atoms with Crippen molar-refractivity contribution in [1.82, 2.24) is 5.32 Å². The van der Waals surface area contributed by atoms with Gasteiger partial charge in [0.05, 0.1) is 13.7 Å². The van der Waals surface area contributed by atoms with Gasteiger partial charge in [0.15, 0.2) is 0 Å². The van der Waals surface area contributed by atoms with Crippen LogP contribution < -0.4 is 5.32 Å². The molecule has 1 aromatic carbocycles. The second-order valence-corrected chi connectivity index (χ2v) is 5.95. The highest BCUT2D eigenvalue weighted by molar-refractivity contribution is 6.08. The molecule has 0 radical (unpaired) electrons. The summed E-state index contributed by atoms with van der Waals surface area (Å²) < 4.78 is 14.9. The molecule has 0 unspecified atom stereocenters.